The number of aromatic carboxylic acids is 1. The van der Waals surface area contributed by atoms with E-state index in [2.05, 4.69) is 9.72 Å². The Morgan fingerprint density at radius 1 is 1.57 bits per heavy atom. The van der Waals surface area contributed by atoms with Gasteiger partial charge in [-0.15, -0.1) is 0 Å². The van der Waals surface area contributed by atoms with Crippen molar-refractivity contribution in [2.45, 2.75) is 0 Å². The van der Waals surface area contributed by atoms with Gasteiger partial charge in [0.05, 0.1) is 12.7 Å². The molecule has 0 aliphatic rings. The molecule has 1 rings (SSSR count). The summed E-state index contributed by atoms with van der Waals surface area (Å²) in [4.78, 5) is 25.2. The van der Waals surface area contributed by atoms with E-state index in [1.807, 2.05) is 0 Å². The number of carbonyl (C=O) groups is 2. The smallest absolute Gasteiger partial charge is 0.339 e. The van der Waals surface area contributed by atoms with Crippen LogP contribution in [0.2, 0.25) is 0 Å². The SMILES string of the molecule is COC(=O)c1cnc(N)c(C(=O)O)c1. The molecule has 0 bridgehead atoms. The molecule has 74 valence electrons. The highest BCUT2D eigenvalue weighted by atomic mass is 16.5. The topological polar surface area (TPSA) is 103 Å². The zero-order valence-electron chi connectivity index (χ0n) is 7.35. The molecule has 0 aliphatic heterocycles. The molecule has 0 spiro atoms. The molecule has 0 saturated carbocycles. The van der Waals surface area contributed by atoms with Crippen LogP contribution in [0.4, 0.5) is 5.82 Å². The van der Waals surface area contributed by atoms with Crippen LogP contribution >= 0.6 is 0 Å². The first-order valence-corrected chi connectivity index (χ1v) is 3.63. The first-order chi connectivity index (χ1) is 6.56. The number of hydrogen-bond donors (Lipinski definition) is 2. The third-order valence-electron chi connectivity index (χ3n) is 1.57. The number of aromatic nitrogens is 1. The molecule has 0 atom stereocenters. The average molecular weight is 196 g/mol. The van der Waals surface area contributed by atoms with E-state index in [9.17, 15) is 9.59 Å². The molecular weight excluding hydrogens is 188 g/mol. The number of esters is 1. The lowest BCUT2D eigenvalue weighted by molar-refractivity contribution is 0.0600. The standard InChI is InChI=1S/C8H8N2O4/c1-14-8(13)4-2-5(7(11)12)6(9)10-3-4/h2-3H,1H3,(H2,9,10)(H,11,12). The summed E-state index contributed by atoms with van der Waals surface area (Å²) in [5.74, 6) is -2.02. The molecular formula is C8H8N2O4. The number of anilines is 1. The van der Waals surface area contributed by atoms with E-state index in [0.29, 0.717) is 0 Å². The largest absolute Gasteiger partial charge is 0.478 e. The van der Waals surface area contributed by atoms with Crippen molar-refractivity contribution in [3.05, 3.63) is 23.4 Å². The van der Waals surface area contributed by atoms with Crippen LogP contribution in [0.25, 0.3) is 0 Å². The zero-order valence-corrected chi connectivity index (χ0v) is 7.35. The van der Waals surface area contributed by atoms with E-state index < -0.39 is 11.9 Å². The van der Waals surface area contributed by atoms with E-state index in [1.54, 1.807) is 0 Å². The van der Waals surface area contributed by atoms with Gasteiger partial charge in [0, 0.05) is 6.20 Å². The van der Waals surface area contributed by atoms with E-state index >= 15 is 0 Å². The van der Waals surface area contributed by atoms with E-state index in [4.69, 9.17) is 10.8 Å². The van der Waals surface area contributed by atoms with Crippen molar-refractivity contribution in [1.82, 2.24) is 4.98 Å². The van der Waals surface area contributed by atoms with Crippen molar-refractivity contribution in [3.63, 3.8) is 0 Å². The summed E-state index contributed by atoms with van der Waals surface area (Å²) in [6.45, 7) is 0. The molecule has 0 fully saturated rings. The number of nitrogens with two attached hydrogens (primary N) is 1. The summed E-state index contributed by atoms with van der Waals surface area (Å²) in [5.41, 5.74) is 5.13. The van der Waals surface area contributed by atoms with Gasteiger partial charge < -0.3 is 15.6 Å². The molecule has 0 aromatic carbocycles. The Hall–Kier alpha value is -2.11. The molecule has 1 aromatic heterocycles. The van der Waals surface area contributed by atoms with Crippen molar-refractivity contribution in [2.75, 3.05) is 12.8 Å². The summed E-state index contributed by atoms with van der Waals surface area (Å²) < 4.78 is 4.40. The zero-order chi connectivity index (χ0) is 10.7. The fourth-order valence-corrected chi connectivity index (χ4v) is 0.876. The molecule has 6 nitrogen and oxygen atoms in total. The van der Waals surface area contributed by atoms with Crippen molar-refractivity contribution in [3.8, 4) is 0 Å². The Bertz CT molecular complexity index is 389. The number of ether oxygens (including phenoxy) is 1. The molecule has 0 radical (unpaired) electrons. The van der Waals surface area contributed by atoms with Crippen molar-refractivity contribution >= 4 is 17.8 Å². The van der Waals surface area contributed by atoms with Crippen molar-refractivity contribution < 1.29 is 19.4 Å². The van der Waals surface area contributed by atoms with Gasteiger partial charge >= 0.3 is 11.9 Å². The number of nitrogen functional groups attached to an aromatic ring is 1. The van der Waals surface area contributed by atoms with Gasteiger partial charge in [-0.25, -0.2) is 14.6 Å². The van der Waals surface area contributed by atoms with Crippen LogP contribution < -0.4 is 5.73 Å². The number of pyridine rings is 1. The van der Waals surface area contributed by atoms with Crippen LogP contribution in [0.3, 0.4) is 0 Å². The Morgan fingerprint density at radius 2 is 2.21 bits per heavy atom. The van der Waals surface area contributed by atoms with Crippen LogP contribution in [-0.2, 0) is 4.74 Å². The van der Waals surface area contributed by atoms with Crippen LogP contribution in [0.1, 0.15) is 20.7 Å². The Balaban J connectivity index is 3.19. The summed E-state index contributed by atoms with van der Waals surface area (Å²) >= 11 is 0. The van der Waals surface area contributed by atoms with Gasteiger partial charge in [-0.1, -0.05) is 0 Å². The van der Waals surface area contributed by atoms with E-state index in [0.717, 1.165) is 12.3 Å². The molecule has 6 heteroatoms. The molecule has 0 amide bonds. The van der Waals surface area contributed by atoms with E-state index in [1.165, 1.54) is 7.11 Å². The minimum Gasteiger partial charge on any atom is -0.478 e. The Labute approximate surface area is 79.3 Å². The normalized spacial score (nSPS) is 9.50. The third-order valence-corrected chi connectivity index (χ3v) is 1.57. The predicted octanol–water partition coefficient (Wildman–Crippen LogP) is 0.149. The predicted molar refractivity (Wildman–Crippen MR) is 46.9 cm³/mol. The molecule has 14 heavy (non-hydrogen) atoms. The summed E-state index contributed by atoms with van der Waals surface area (Å²) in [5, 5.41) is 8.67. The second kappa shape index (κ2) is 3.73. The first kappa shape index (κ1) is 9.97. The van der Waals surface area contributed by atoms with Gasteiger partial charge in [-0.3, -0.25) is 0 Å². The monoisotopic (exact) mass is 196 g/mol. The summed E-state index contributed by atoms with van der Waals surface area (Å²) in [7, 11) is 1.19. The van der Waals surface area contributed by atoms with Gasteiger partial charge in [-0.05, 0) is 6.07 Å². The first-order valence-electron chi connectivity index (χ1n) is 3.63. The highest BCUT2D eigenvalue weighted by Gasteiger charge is 2.13. The van der Waals surface area contributed by atoms with E-state index in [-0.39, 0.29) is 16.9 Å². The maximum absolute atomic E-state index is 11.0. The minimum absolute atomic E-state index is 0.0547. The van der Waals surface area contributed by atoms with Gasteiger partial charge in [-0.2, -0.15) is 0 Å². The number of carboxylic acids is 1. The van der Waals surface area contributed by atoms with Gasteiger partial charge in [0.25, 0.3) is 0 Å². The summed E-state index contributed by atoms with van der Waals surface area (Å²) in [6.07, 6.45) is 1.16. The molecule has 1 aromatic rings. The highest BCUT2D eigenvalue weighted by molar-refractivity contribution is 5.97. The second-order valence-corrected chi connectivity index (χ2v) is 2.45. The van der Waals surface area contributed by atoms with Gasteiger partial charge in [0.15, 0.2) is 0 Å². The molecule has 0 unspecified atom stereocenters. The molecule has 1 heterocycles. The second-order valence-electron chi connectivity index (χ2n) is 2.45. The quantitative estimate of drug-likeness (QED) is 0.652. The Kier molecular flexibility index (Phi) is 2.66. The van der Waals surface area contributed by atoms with Crippen molar-refractivity contribution in [1.29, 1.82) is 0 Å². The number of carbonyl (C=O) groups excluding carboxylic acids is 1. The van der Waals surface area contributed by atoms with Crippen LogP contribution in [-0.4, -0.2) is 29.1 Å². The fraction of sp³-hybridized carbons (Fsp3) is 0.125. The average Bonchev–Trinajstić information content (AvgIpc) is 2.17. The lowest BCUT2D eigenvalue weighted by Gasteiger charge is -2.02. The fourth-order valence-electron chi connectivity index (χ4n) is 0.876. The third kappa shape index (κ3) is 1.79. The minimum atomic E-state index is -1.24. The lowest BCUT2D eigenvalue weighted by atomic mass is 10.2. The van der Waals surface area contributed by atoms with Crippen LogP contribution in [0, 0.1) is 0 Å². The maximum atomic E-state index is 11.0. The Morgan fingerprint density at radius 3 is 2.71 bits per heavy atom. The van der Waals surface area contributed by atoms with Crippen LogP contribution in [0.5, 0.6) is 0 Å². The molecule has 0 aliphatic carbocycles. The number of carboxylic acid groups (broad SMARTS) is 1. The number of rotatable bonds is 2. The molecule has 0 saturated heterocycles. The number of nitrogens with zero attached hydrogens (tertiary/aromatic N) is 1. The number of hydrogen-bond acceptors (Lipinski definition) is 5. The summed E-state index contributed by atoms with van der Waals surface area (Å²) in [6, 6.07) is 1.12. The lowest BCUT2D eigenvalue weighted by Crippen LogP contribution is -2.09. The van der Waals surface area contributed by atoms with Crippen LogP contribution in [0.15, 0.2) is 12.3 Å². The maximum Gasteiger partial charge on any atom is 0.339 e. The number of methoxy groups -OCH3 is 1. The molecule has 3 N–H and O–H groups in total. The highest BCUT2D eigenvalue weighted by Crippen LogP contribution is 2.11. The van der Waals surface area contributed by atoms with Crippen molar-refractivity contribution in [2.24, 2.45) is 0 Å². The van der Waals surface area contributed by atoms with Gasteiger partial charge in [0.2, 0.25) is 0 Å². The van der Waals surface area contributed by atoms with Gasteiger partial charge in [0.1, 0.15) is 11.4 Å².